The second-order valence-corrected chi connectivity index (χ2v) is 3.59. The molecular weight excluding hydrogens is 224 g/mol. The standard InChI is InChI=1S/C16H14O2/c1-3-17-14-9-7-8-13(12-14)15-10-5-6-11-16(15)18-4-2/h3-12H,1-2H2. The third kappa shape index (κ3) is 2.61. The Hall–Kier alpha value is -2.48. The van der Waals surface area contributed by atoms with Crippen molar-refractivity contribution in [3.05, 3.63) is 74.2 Å². The minimum Gasteiger partial charge on any atom is -0.466 e. The Labute approximate surface area is 107 Å². The number of para-hydroxylation sites is 1. The van der Waals surface area contributed by atoms with Gasteiger partial charge >= 0.3 is 0 Å². The summed E-state index contributed by atoms with van der Waals surface area (Å²) in [7, 11) is 0. The molecule has 0 aromatic heterocycles. The Balaban J connectivity index is 2.44. The van der Waals surface area contributed by atoms with Crippen molar-refractivity contribution < 1.29 is 9.47 Å². The summed E-state index contributed by atoms with van der Waals surface area (Å²) in [5.74, 6) is 1.51. The molecule has 2 aromatic carbocycles. The van der Waals surface area contributed by atoms with Crippen LogP contribution in [-0.2, 0) is 0 Å². The van der Waals surface area contributed by atoms with Gasteiger partial charge in [0.2, 0.25) is 0 Å². The third-order valence-electron chi connectivity index (χ3n) is 2.46. The predicted octanol–water partition coefficient (Wildman–Crippen LogP) is 4.40. The molecule has 0 spiro atoms. The summed E-state index contributed by atoms with van der Waals surface area (Å²) in [6.07, 6.45) is 2.83. The lowest BCUT2D eigenvalue weighted by atomic mass is 10.0. The summed E-state index contributed by atoms with van der Waals surface area (Å²) >= 11 is 0. The number of hydrogen-bond donors (Lipinski definition) is 0. The second-order valence-electron chi connectivity index (χ2n) is 3.59. The van der Waals surface area contributed by atoms with Gasteiger partial charge in [-0.2, -0.15) is 0 Å². The molecule has 0 radical (unpaired) electrons. The molecule has 90 valence electrons. The van der Waals surface area contributed by atoms with Gasteiger partial charge in [0, 0.05) is 5.56 Å². The first-order valence-corrected chi connectivity index (χ1v) is 5.59. The SMILES string of the molecule is C=COc1cccc(-c2ccccc2OC=C)c1. The molecule has 0 aliphatic heterocycles. The minimum atomic E-state index is 0.746. The van der Waals surface area contributed by atoms with Crippen molar-refractivity contribution in [1.82, 2.24) is 0 Å². The van der Waals surface area contributed by atoms with E-state index in [0.717, 1.165) is 22.6 Å². The minimum absolute atomic E-state index is 0.746. The molecule has 0 saturated heterocycles. The fourth-order valence-corrected chi connectivity index (χ4v) is 1.73. The maximum atomic E-state index is 5.39. The fourth-order valence-electron chi connectivity index (χ4n) is 1.73. The van der Waals surface area contributed by atoms with Gasteiger partial charge < -0.3 is 9.47 Å². The monoisotopic (exact) mass is 238 g/mol. The zero-order chi connectivity index (χ0) is 12.8. The zero-order valence-corrected chi connectivity index (χ0v) is 10.0. The first kappa shape index (κ1) is 12.0. The normalized spacial score (nSPS) is 9.56. The lowest BCUT2D eigenvalue weighted by Crippen LogP contribution is -1.87. The van der Waals surface area contributed by atoms with Gasteiger partial charge in [-0.05, 0) is 23.8 Å². The number of ether oxygens (including phenoxy) is 2. The van der Waals surface area contributed by atoms with Crippen LogP contribution in [0.5, 0.6) is 11.5 Å². The van der Waals surface area contributed by atoms with E-state index in [1.165, 1.54) is 12.5 Å². The van der Waals surface area contributed by atoms with Crippen molar-refractivity contribution in [2.75, 3.05) is 0 Å². The lowest BCUT2D eigenvalue weighted by molar-refractivity contribution is 0.482. The van der Waals surface area contributed by atoms with E-state index >= 15 is 0 Å². The van der Waals surface area contributed by atoms with Gasteiger partial charge in [-0.1, -0.05) is 43.5 Å². The molecule has 0 saturated carbocycles. The van der Waals surface area contributed by atoms with Crippen molar-refractivity contribution in [2.24, 2.45) is 0 Å². The highest BCUT2D eigenvalue weighted by Crippen LogP contribution is 2.31. The van der Waals surface area contributed by atoms with Crippen molar-refractivity contribution in [3.63, 3.8) is 0 Å². The summed E-state index contributed by atoms with van der Waals surface area (Å²) in [6.45, 7) is 7.12. The largest absolute Gasteiger partial charge is 0.466 e. The van der Waals surface area contributed by atoms with Gasteiger partial charge in [-0.15, -0.1) is 0 Å². The van der Waals surface area contributed by atoms with E-state index < -0.39 is 0 Å². The topological polar surface area (TPSA) is 18.5 Å². The predicted molar refractivity (Wildman–Crippen MR) is 73.5 cm³/mol. The molecular formula is C16H14O2. The van der Waals surface area contributed by atoms with Gasteiger partial charge in [0.15, 0.2) is 0 Å². The van der Waals surface area contributed by atoms with E-state index in [1.807, 2.05) is 48.5 Å². The van der Waals surface area contributed by atoms with E-state index in [2.05, 4.69) is 13.2 Å². The van der Waals surface area contributed by atoms with E-state index in [4.69, 9.17) is 9.47 Å². The van der Waals surface area contributed by atoms with E-state index in [1.54, 1.807) is 0 Å². The summed E-state index contributed by atoms with van der Waals surface area (Å²) in [5.41, 5.74) is 2.01. The molecule has 0 fully saturated rings. The molecule has 0 aliphatic rings. The van der Waals surface area contributed by atoms with Gasteiger partial charge in [-0.25, -0.2) is 0 Å². The number of rotatable bonds is 5. The smallest absolute Gasteiger partial charge is 0.134 e. The Bertz CT molecular complexity index is 559. The molecule has 0 N–H and O–H groups in total. The van der Waals surface area contributed by atoms with E-state index in [-0.39, 0.29) is 0 Å². The summed E-state index contributed by atoms with van der Waals surface area (Å²) in [6, 6.07) is 15.5. The van der Waals surface area contributed by atoms with Gasteiger partial charge in [-0.3, -0.25) is 0 Å². The van der Waals surface area contributed by atoms with Crippen molar-refractivity contribution >= 4 is 0 Å². The molecule has 0 heterocycles. The molecule has 18 heavy (non-hydrogen) atoms. The van der Waals surface area contributed by atoms with Crippen molar-refractivity contribution in [3.8, 4) is 22.6 Å². The molecule has 2 nitrogen and oxygen atoms in total. The fraction of sp³-hybridized carbons (Fsp3) is 0. The maximum absolute atomic E-state index is 5.39. The molecule has 2 aromatic rings. The average molecular weight is 238 g/mol. The van der Waals surface area contributed by atoms with Crippen LogP contribution in [0.4, 0.5) is 0 Å². The summed E-state index contributed by atoms with van der Waals surface area (Å²) in [4.78, 5) is 0. The summed E-state index contributed by atoms with van der Waals surface area (Å²) in [5, 5.41) is 0. The highest BCUT2D eigenvalue weighted by Gasteiger charge is 2.05. The Morgan fingerprint density at radius 2 is 1.61 bits per heavy atom. The van der Waals surface area contributed by atoms with Crippen LogP contribution >= 0.6 is 0 Å². The van der Waals surface area contributed by atoms with Crippen LogP contribution in [0.1, 0.15) is 0 Å². The van der Waals surface area contributed by atoms with Crippen LogP contribution < -0.4 is 9.47 Å². The molecule has 0 atom stereocenters. The highest BCUT2D eigenvalue weighted by atomic mass is 16.5. The van der Waals surface area contributed by atoms with Crippen LogP contribution in [0.25, 0.3) is 11.1 Å². The first-order valence-electron chi connectivity index (χ1n) is 5.59. The van der Waals surface area contributed by atoms with Crippen LogP contribution in [0.2, 0.25) is 0 Å². The molecule has 0 amide bonds. The lowest BCUT2D eigenvalue weighted by Gasteiger charge is -2.09. The first-order chi connectivity index (χ1) is 8.85. The van der Waals surface area contributed by atoms with Crippen LogP contribution in [-0.4, -0.2) is 0 Å². The van der Waals surface area contributed by atoms with Crippen molar-refractivity contribution in [2.45, 2.75) is 0 Å². The van der Waals surface area contributed by atoms with Crippen molar-refractivity contribution in [1.29, 1.82) is 0 Å². The van der Waals surface area contributed by atoms with Gasteiger partial charge in [0.1, 0.15) is 11.5 Å². The number of benzene rings is 2. The van der Waals surface area contributed by atoms with E-state index in [0.29, 0.717) is 0 Å². The Kier molecular flexibility index (Phi) is 3.82. The van der Waals surface area contributed by atoms with Crippen LogP contribution in [0.3, 0.4) is 0 Å². The molecule has 0 bridgehead atoms. The zero-order valence-electron chi connectivity index (χ0n) is 10.0. The molecule has 2 rings (SSSR count). The second kappa shape index (κ2) is 5.73. The maximum Gasteiger partial charge on any atom is 0.134 e. The average Bonchev–Trinajstić information content (AvgIpc) is 2.40. The van der Waals surface area contributed by atoms with Crippen LogP contribution in [0.15, 0.2) is 74.2 Å². The molecule has 2 heteroatoms. The molecule has 0 aliphatic carbocycles. The third-order valence-corrected chi connectivity index (χ3v) is 2.46. The van der Waals surface area contributed by atoms with E-state index in [9.17, 15) is 0 Å². The summed E-state index contributed by atoms with van der Waals surface area (Å²) < 4.78 is 10.7. The Morgan fingerprint density at radius 3 is 2.39 bits per heavy atom. The van der Waals surface area contributed by atoms with Gasteiger partial charge in [0.05, 0.1) is 12.5 Å². The Morgan fingerprint density at radius 1 is 0.833 bits per heavy atom. The van der Waals surface area contributed by atoms with Gasteiger partial charge in [0.25, 0.3) is 0 Å². The molecule has 0 unspecified atom stereocenters. The van der Waals surface area contributed by atoms with Crippen LogP contribution in [0, 0.1) is 0 Å². The highest BCUT2D eigenvalue weighted by molar-refractivity contribution is 5.71. The number of hydrogen-bond acceptors (Lipinski definition) is 2. The quantitative estimate of drug-likeness (QED) is 0.719.